The fourth-order valence-corrected chi connectivity index (χ4v) is 7.70. The van der Waals surface area contributed by atoms with Crippen LogP contribution in [0.15, 0.2) is 12.2 Å². The molecule has 0 aliphatic heterocycles. The standard InChI is InChI=1S/C46H93N2O6P/c1-6-8-10-12-14-16-18-20-21-22-23-24-25-26-28-30-32-34-36-38-40-46(50)47-44(43-54-55(51,52)53-42-41-48(3,4)5)45(49)39-37-35-33-31-29-27-19-17-15-13-11-9-7-2/h37,39,44-45,49H,6-36,38,40-43H2,1-5H3,(H-,47,50,51,52)/t44-,45+/m0/s1. The molecule has 0 aliphatic carbocycles. The Hall–Kier alpha value is -0.760. The first kappa shape index (κ1) is 54.2. The van der Waals surface area contributed by atoms with Crippen molar-refractivity contribution in [3.63, 3.8) is 0 Å². The minimum Gasteiger partial charge on any atom is -0.756 e. The Morgan fingerprint density at radius 1 is 0.618 bits per heavy atom. The Morgan fingerprint density at radius 2 is 0.982 bits per heavy atom. The lowest BCUT2D eigenvalue weighted by Gasteiger charge is -2.29. The van der Waals surface area contributed by atoms with E-state index in [4.69, 9.17) is 9.05 Å². The van der Waals surface area contributed by atoms with Crippen molar-refractivity contribution in [2.45, 2.75) is 238 Å². The number of unbranched alkanes of at least 4 members (excludes halogenated alkanes) is 30. The van der Waals surface area contributed by atoms with E-state index < -0.39 is 20.0 Å². The van der Waals surface area contributed by atoms with Crippen molar-refractivity contribution in [2.24, 2.45) is 0 Å². The number of hydrogen-bond acceptors (Lipinski definition) is 6. The molecule has 0 aliphatic rings. The van der Waals surface area contributed by atoms with Crippen molar-refractivity contribution in [3.8, 4) is 0 Å². The molecule has 0 saturated heterocycles. The summed E-state index contributed by atoms with van der Waals surface area (Å²) in [6, 6.07) is -0.879. The molecular weight excluding hydrogens is 707 g/mol. The van der Waals surface area contributed by atoms with Crippen LogP contribution in [0.25, 0.3) is 0 Å². The highest BCUT2D eigenvalue weighted by Gasteiger charge is 2.23. The van der Waals surface area contributed by atoms with Gasteiger partial charge in [-0.1, -0.05) is 212 Å². The van der Waals surface area contributed by atoms with Gasteiger partial charge in [-0.05, 0) is 19.3 Å². The molecule has 0 radical (unpaired) electrons. The highest BCUT2D eigenvalue weighted by Crippen LogP contribution is 2.38. The van der Waals surface area contributed by atoms with E-state index in [1.165, 1.54) is 167 Å². The second kappa shape index (κ2) is 38.7. The number of allylic oxidation sites excluding steroid dienone is 1. The number of phosphoric acid groups is 1. The molecule has 0 aromatic rings. The number of aliphatic hydroxyl groups excluding tert-OH is 1. The second-order valence-corrected chi connectivity index (χ2v) is 18.9. The molecule has 1 amide bonds. The molecule has 8 nitrogen and oxygen atoms in total. The maximum Gasteiger partial charge on any atom is 0.268 e. The highest BCUT2D eigenvalue weighted by atomic mass is 31.2. The Balaban J connectivity index is 4.29. The van der Waals surface area contributed by atoms with Crippen molar-refractivity contribution < 1.29 is 32.9 Å². The van der Waals surface area contributed by atoms with Gasteiger partial charge in [-0.15, -0.1) is 0 Å². The van der Waals surface area contributed by atoms with Gasteiger partial charge < -0.3 is 28.8 Å². The predicted octanol–water partition coefficient (Wildman–Crippen LogP) is 12.5. The summed E-state index contributed by atoms with van der Waals surface area (Å²) in [5.74, 6) is -0.194. The SMILES string of the molecule is CCCCCCCCCCCCCC=C[C@@H](O)[C@H](COP(=O)([O-])OCC[N+](C)(C)C)NC(=O)CCCCCCCCCCCCCCCCCCCCCC. The number of aliphatic hydroxyl groups is 1. The minimum absolute atomic E-state index is 0.00214. The largest absolute Gasteiger partial charge is 0.756 e. The number of carbonyl (C=O) groups excluding carboxylic acids is 1. The number of quaternary nitrogens is 1. The van der Waals surface area contributed by atoms with Crippen molar-refractivity contribution in [2.75, 3.05) is 40.9 Å². The topological polar surface area (TPSA) is 108 Å². The maximum absolute atomic E-state index is 12.9. The summed E-state index contributed by atoms with van der Waals surface area (Å²) in [4.78, 5) is 25.3. The molecule has 9 heteroatoms. The molecule has 0 aromatic heterocycles. The lowest BCUT2D eigenvalue weighted by atomic mass is 10.0. The van der Waals surface area contributed by atoms with E-state index in [-0.39, 0.29) is 19.1 Å². The van der Waals surface area contributed by atoms with Crippen molar-refractivity contribution in [1.29, 1.82) is 0 Å². The molecule has 0 heterocycles. The first-order valence-electron chi connectivity index (χ1n) is 23.6. The number of nitrogens with one attached hydrogen (secondary N) is 1. The maximum atomic E-state index is 12.9. The summed E-state index contributed by atoms with van der Waals surface area (Å²) in [6.07, 6.45) is 44.0. The van der Waals surface area contributed by atoms with E-state index in [0.717, 1.165) is 38.5 Å². The molecule has 0 rings (SSSR count). The van der Waals surface area contributed by atoms with Crippen LogP contribution >= 0.6 is 7.82 Å². The van der Waals surface area contributed by atoms with Gasteiger partial charge in [0, 0.05) is 6.42 Å². The van der Waals surface area contributed by atoms with E-state index >= 15 is 0 Å². The monoisotopic (exact) mass is 801 g/mol. The van der Waals surface area contributed by atoms with E-state index in [2.05, 4.69) is 19.2 Å². The van der Waals surface area contributed by atoms with Gasteiger partial charge in [0.2, 0.25) is 5.91 Å². The third kappa shape index (κ3) is 41.2. The minimum atomic E-state index is -4.58. The predicted molar refractivity (Wildman–Crippen MR) is 233 cm³/mol. The number of likely N-dealkylation sites (N-methyl/N-ethyl adjacent to an activating group) is 1. The first-order valence-corrected chi connectivity index (χ1v) is 25.0. The molecule has 2 N–H and O–H groups in total. The summed E-state index contributed by atoms with van der Waals surface area (Å²) >= 11 is 0. The number of carbonyl (C=O) groups is 1. The van der Waals surface area contributed by atoms with Crippen LogP contribution in [-0.4, -0.2) is 68.5 Å². The van der Waals surface area contributed by atoms with Gasteiger partial charge in [-0.2, -0.15) is 0 Å². The van der Waals surface area contributed by atoms with Gasteiger partial charge in [0.15, 0.2) is 0 Å². The van der Waals surface area contributed by atoms with Crippen LogP contribution < -0.4 is 10.2 Å². The van der Waals surface area contributed by atoms with Gasteiger partial charge in [-0.25, -0.2) is 0 Å². The Morgan fingerprint density at radius 3 is 1.36 bits per heavy atom. The van der Waals surface area contributed by atoms with Crippen LogP contribution in [0.4, 0.5) is 0 Å². The zero-order chi connectivity index (χ0) is 40.7. The van der Waals surface area contributed by atoms with E-state index in [9.17, 15) is 19.4 Å². The average Bonchev–Trinajstić information content (AvgIpc) is 3.13. The van der Waals surface area contributed by atoms with E-state index in [0.29, 0.717) is 17.4 Å². The summed E-state index contributed by atoms with van der Waals surface area (Å²) < 4.78 is 23.2. The van der Waals surface area contributed by atoms with Gasteiger partial charge in [0.1, 0.15) is 13.2 Å². The molecule has 0 bridgehead atoms. The van der Waals surface area contributed by atoms with Crippen molar-refractivity contribution in [1.82, 2.24) is 5.32 Å². The summed E-state index contributed by atoms with van der Waals surface area (Å²) in [5, 5.41) is 13.8. The molecule has 328 valence electrons. The highest BCUT2D eigenvalue weighted by molar-refractivity contribution is 7.45. The van der Waals surface area contributed by atoms with Gasteiger partial charge in [-0.3, -0.25) is 9.36 Å². The van der Waals surface area contributed by atoms with E-state index in [1.54, 1.807) is 6.08 Å². The van der Waals surface area contributed by atoms with Crippen LogP contribution in [0.3, 0.4) is 0 Å². The van der Waals surface area contributed by atoms with Crippen LogP contribution in [-0.2, 0) is 18.4 Å². The summed E-state index contributed by atoms with van der Waals surface area (Å²) in [6.45, 7) is 4.66. The van der Waals surface area contributed by atoms with Gasteiger partial charge in [0.05, 0.1) is 39.9 Å². The number of hydrogen-bond donors (Lipinski definition) is 2. The van der Waals surface area contributed by atoms with Crippen LogP contribution in [0.2, 0.25) is 0 Å². The third-order valence-electron chi connectivity index (χ3n) is 10.7. The molecule has 1 unspecified atom stereocenters. The molecule has 55 heavy (non-hydrogen) atoms. The Labute approximate surface area is 342 Å². The van der Waals surface area contributed by atoms with Crippen LogP contribution in [0.1, 0.15) is 226 Å². The summed E-state index contributed by atoms with van der Waals surface area (Å²) in [7, 11) is 1.27. The molecular formula is C46H93N2O6P. The number of rotatable bonds is 43. The third-order valence-corrected chi connectivity index (χ3v) is 11.7. The molecule has 0 spiro atoms. The zero-order valence-electron chi connectivity index (χ0n) is 37.1. The number of amides is 1. The quantitative estimate of drug-likeness (QED) is 0.0275. The van der Waals surface area contributed by atoms with Crippen molar-refractivity contribution in [3.05, 3.63) is 12.2 Å². The zero-order valence-corrected chi connectivity index (χ0v) is 38.0. The summed E-state index contributed by atoms with van der Waals surface area (Å²) in [5.41, 5.74) is 0. The first-order chi connectivity index (χ1) is 26.5. The fraction of sp³-hybridized carbons (Fsp3) is 0.935. The van der Waals surface area contributed by atoms with Gasteiger partial charge >= 0.3 is 0 Å². The normalized spacial score (nSPS) is 14.4. The molecule has 0 aromatic carbocycles. The lowest BCUT2D eigenvalue weighted by Crippen LogP contribution is -2.45. The van der Waals surface area contributed by atoms with Crippen molar-refractivity contribution >= 4 is 13.7 Å². The lowest BCUT2D eigenvalue weighted by molar-refractivity contribution is -0.870. The van der Waals surface area contributed by atoms with Gasteiger partial charge in [0.25, 0.3) is 7.82 Å². The molecule has 3 atom stereocenters. The second-order valence-electron chi connectivity index (χ2n) is 17.5. The average molecular weight is 801 g/mol. The van der Waals surface area contributed by atoms with Crippen LogP contribution in [0, 0.1) is 0 Å². The van der Waals surface area contributed by atoms with E-state index in [1.807, 2.05) is 27.2 Å². The number of phosphoric ester groups is 1. The fourth-order valence-electron chi connectivity index (χ4n) is 6.98. The molecule has 0 fully saturated rings. The number of nitrogens with zero attached hydrogens (tertiary/aromatic N) is 1. The van der Waals surface area contributed by atoms with Crippen LogP contribution in [0.5, 0.6) is 0 Å². The molecule has 0 saturated carbocycles. The smallest absolute Gasteiger partial charge is 0.268 e. The Bertz CT molecular complexity index is 911. The Kier molecular flexibility index (Phi) is 38.2.